The lowest BCUT2D eigenvalue weighted by molar-refractivity contribution is 0.0698. The zero-order valence-electron chi connectivity index (χ0n) is 20.1. The molecule has 1 atom stereocenters. The molecule has 2 N–H and O–H groups in total. The van der Waals surface area contributed by atoms with Gasteiger partial charge in [-0.3, -0.25) is 4.79 Å². The highest BCUT2D eigenvalue weighted by Crippen LogP contribution is 2.34. The number of hydrogen-bond acceptors (Lipinski definition) is 5. The van der Waals surface area contributed by atoms with E-state index in [1.165, 1.54) is 6.07 Å². The second-order valence-corrected chi connectivity index (χ2v) is 9.91. The van der Waals surface area contributed by atoms with Gasteiger partial charge in [0.05, 0.1) is 17.0 Å². The van der Waals surface area contributed by atoms with E-state index in [-0.39, 0.29) is 22.4 Å². The van der Waals surface area contributed by atoms with Gasteiger partial charge in [-0.1, -0.05) is 25.8 Å². The molecule has 6 nitrogen and oxygen atoms in total. The topological polar surface area (TPSA) is 82.8 Å². The largest absolute Gasteiger partial charge is 0.478 e. The number of benzene rings is 2. The van der Waals surface area contributed by atoms with E-state index in [4.69, 9.17) is 10.8 Å². The predicted molar refractivity (Wildman–Crippen MR) is 136 cm³/mol. The van der Waals surface area contributed by atoms with Crippen molar-refractivity contribution >= 4 is 28.5 Å². The number of terminal acetylenes is 1. The van der Waals surface area contributed by atoms with Crippen LogP contribution >= 0.6 is 0 Å². The summed E-state index contributed by atoms with van der Waals surface area (Å²) in [6, 6.07) is 9.92. The number of aromatic carboxylic acids is 1. The lowest BCUT2D eigenvalue weighted by atomic mass is 9.83. The quantitative estimate of drug-likeness (QED) is 0.486. The average molecular weight is 459 g/mol. The number of aryl methyl sites for hydroxylation is 1. The summed E-state index contributed by atoms with van der Waals surface area (Å²) in [6.07, 6.45) is 7.49. The van der Waals surface area contributed by atoms with Gasteiger partial charge in [0.1, 0.15) is 5.58 Å². The zero-order chi connectivity index (χ0) is 24.6. The molecule has 3 aromatic rings. The van der Waals surface area contributed by atoms with E-state index in [1.54, 1.807) is 18.2 Å². The van der Waals surface area contributed by atoms with E-state index in [0.717, 1.165) is 37.1 Å². The number of fused-ring (bicyclic) bond motifs is 1. The minimum absolute atomic E-state index is 0.0807. The number of hydrogen-bond donors (Lipinski definition) is 2. The summed E-state index contributed by atoms with van der Waals surface area (Å²) in [4.78, 5) is 27.0. The molecule has 4 rings (SSSR count). The van der Waals surface area contributed by atoms with Crippen LogP contribution in [0.3, 0.4) is 0 Å². The Morgan fingerprint density at radius 3 is 2.56 bits per heavy atom. The number of carboxylic acids is 1. The van der Waals surface area contributed by atoms with Crippen LogP contribution in [0.1, 0.15) is 66.7 Å². The average Bonchev–Trinajstić information content (AvgIpc) is 2.79. The maximum atomic E-state index is 13.1. The van der Waals surface area contributed by atoms with Crippen LogP contribution in [-0.4, -0.2) is 24.2 Å². The maximum absolute atomic E-state index is 13.1. The third-order valence-corrected chi connectivity index (χ3v) is 6.67. The van der Waals surface area contributed by atoms with Gasteiger partial charge in [-0.05, 0) is 61.9 Å². The summed E-state index contributed by atoms with van der Waals surface area (Å²) in [5.74, 6) is 1.98. The van der Waals surface area contributed by atoms with Crippen LogP contribution in [0.2, 0.25) is 0 Å². The molecule has 0 radical (unpaired) electrons. The first kappa shape index (κ1) is 23.4. The molecule has 1 unspecified atom stereocenters. The van der Waals surface area contributed by atoms with Gasteiger partial charge in [0.15, 0.2) is 11.3 Å². The van der Waals surface area contributed by atoms with E-state index in [0.29, 0.717) is 28.1 Å². The molecule has 176 valence electrons. The third kappa shape index (κ3) is 4.65. The van der Waals surface area contributed by atoms with Crippen molar-refractivity contribution in [3.63, 3.8) is 0 Å². The van der Waals surface area contributed by atoms with Gasteiger partial charge in [-0.25, -0.2) is 4.79 Å². The second kappa shape index (κ2) is 8.90. The molecule has 2 heterocycles. The SMILES string of the molecule is C#Cc1ccc(NC(C)c2cc(C)cc3c(=O)cc(N4CCC(C)(C)CC4)oc23)c(C(=O)O)c1. The summed E-state index contributed by atoms with van der Waals surface area (Å²) >= 11 is 0. The second-order valence-electron chi connectivity index (χ2n) is 9.91. The van der Waals surface area contributed by atoms with E-state index in [2.05, 4.69) is 30.0 Å². The molecule has 0 bridgehead atoms. The van der Waals surface area contributed by atoms with Crippen molar-refractivity contribution in [1.29, 1.82) is 0 Å². The summed E-state index contributed by atoms with van der Waals surface area (Å²) in [5.41, 5.74) is 3.49. The van der Waals surface area contributed by atoms with Crippen molar-refractivity contribution in [3.8, 4) is 12.3 Å². The standard InChI is InChI=1S/C28H30N2O4/c1-6-19-7-8-23(21(15-19)27(32)33)29-18(3)20-13-17(2)14-22-24(31)16-25(34-26(20)22)30-11-9-28(4,5)10-12-30/h1,7-8,13-16,18,29H,9-12H2,2-5H3,(H,32,33). The molecule has 1 aromatic heterocycles. The summed E-state index contributed by atoms with van der Waals surface area (Å²) in [5, 5.41) is 13.5. The smallest absolute Gasteiger partial charge is 0.337 e. The number of nitrogens with zero attached hydrogens (tertiary/aromatic N) is 1. The minimum Gasteiger partial charge on any atom is -0.478 e. The van der Waals surface area contributed by atoms with Crippen molar-refractivity contribution in [1.82, 2.24) is 0 Å². The van der Waals surface area contributed by atoms with Crippen LogP contribution in [0.5, 0.6) is 0 Å². The number of anilines is 2. The fourth-order valence-corrected chi connectivity index (χ4v) is 4.48. The lowest BCUT2D eigenvalue weighted by Gasteiger charge is -2.37. The zero-order valence-corrected chi connectivity index (χ0v) is 20.1. The predicted octanol–water partition coefficient (Wildman–Crippen LogP) is 5.58. The Kier molecular flexibility index (Phi) is 6.14. The first-order chi connectivity index (χ1) is 16.1. The van der Waals surface area contributed by atoms with Crippen LogP contribution in [0.4, 0.5) is 11.6 Å². The van der Waals surface area contributed by atoms with Crippen molar-refractivity contribution in [2.45, 2.75) is 46.6 Å². The van der Waals surface area contributed by atoms with E-state index < -0.39 is 5.97 Å². The van der Waals surface area contributed by atoms with Gasteiger partial charge in [-0.2, -0.15) is 0 Å². The van der Waals surface area contributed by atoms with Gasteiger partial charge in [0, 0.05) is 36.0 Å². The first-order valence-corrected chi connectivity index (χ1v) is 11.5. The molecular weight excluding hydrogens is 428 g/mol. The van der Waals surface area contributed by atoms with E-state index >= 15 is 0 Å². The Hall–Kier alpha value is -3.72. The van der Waals surface area contributed by atoms with Gasteiger partial charge < -0.3 is 19.7 Å². The number of rotatable bonds is 5. The maximum Gasteiger partial charge on any atom is 0.337 e. The minimum atomic E-state index is -1.07. The van der Waals surface area contributed by atoms with Crippen LogP contribution < -0.4 is 15.6 Å². The highest BCUT2D eigenvalue weighted by molar-refractivity contribution is 5.95. The molecular formula is C28H30N2O4. The molecule has 1 aliphatic rings. The van der Waals surface area contributed by atoms with Crippen molar-refractivity contribution < 1.29 is 14.3 Å². The molecule has 1 saturated heterocycles. The molecule has 0 saturated carbocycles. The fraction of sp³-hybridized carbons (Fsp3) is 0.357. The molecule has 0 amide bonds. The van der Waals surface area contributed by atoms with Crippen LogP contribution in [0.25, 0.3) is 11.0 Å². The van der Waals surface area contributed by atoms with Crippen molar-refractivity contribution in [3.05, 3.63) is 68.9 Å². The number of piperidine rings is 1. The lowest BCUT2D eigenvalue weighted by Crippen LogP contribution is -2.37. The fourth-order valence-electron chi connectivity index (χ4n) is 4.48. The summed E-state index contributed by atoms with van der Waals surface area (Å²) in [6.45, 7) is 10.0. The van der Waals surface area contributed by atoms with Gasteiger partial charge in [-0.15, -0.1) is 6.42 Å². The normalized spacial score (nSPS) is 16.1. The highest BCUT2D eigenvalue weighted by Gasteiger charge is 2.27. The monoisotopic (exact) mass is 458 g/mol. The van der Waals surface area contributed by atoms with Gasteiger partial charge >= 0.3 is 5.97 Å². The molecule has 1 fully saturated rings. The van der Waals surface area contributed by atoms with Crippen molar-refractivity contribution in [2.75, 3.05) is 23.3 Å². The van der Waals surface area contributed by atoms with Gasteiger partial charge in [0.25, 0.3) is 0 Å². The third-order valence-electron chi connectivity index (χ3n) is 6.67. The Labute approximate surface area is 199 Å². The first-order valence-electron chi connectivity index (χ1n) is 11.5. The Morgan fingerprint density at radius 2 is 1.91 bits per heavy atom. The number of nitrogens with one attached hydrogen (secondary N) is 1. The molecule has 0 spiro atoms. The van der Waals surface area contributed by atoms with Gasteiger partial charge in [0.2, 0.25) is 0 Å². The molecule has 0 aliphatic carbocycles. The Morgan fingerprint density at radius 1 is 1.21 bits per heavy atom. The molecule has 2 aromatic carbocycles. The molecule has 34 heavy (non-hydrogen) atoms. The van der Waals surface area contributed by atoms with Crippen LogP contribution in [-0.2, 0) is 0 Å². The summed E-state index contributed by atoms with van der Waals surface area (Å²) < 4.78 is 6.35. The van der Waals surface area contributed by atoms with Crippen LogP contribution in [0, 0.1) is 24.7 Å². The van der Waals surface area contributed by atoms with Crippen LogP contribution in [0.15, 0.2) is 45.6 Å². The Bertz CT molecular complexity index is 1350. The molecule has 6 heteroatoms. The number of carboxylic acid groups (broad SMARTS) is 1. The molecule has 1 aliphatic heterocycles. The summed E-state index contributed by atoms with van der Waals surface area (Å²) in [7, 11) is 0. The van der Waals surface area contributed by atoms with E-state index in [9.17, 15) is 14.7 Å². The number of carbonyl (C=O) groups is 1. The highest BCUT2D eigenvalue weighted by atomic mass is 16.4. The Balaban J connectivity index is 1.75. The van der Waals surface area contributed by atoms with Crippen molar-refractivity contribution in [2.24, 2.45) is 5.41 Å². The van der Waals surface area contributed by atoms with E-state index in [1.807, 2.05) is 26.0 Å².